The van der Waals surface area contributed by atoms with Crippen LogP contribution in [0.15, 0.2) is 12.3 Å². The van der Waals surface area contributed by atoms with E-state index < -0.39 is 29.7 Å². The predicted octanol–water partition coefficient (Wildman–Crippen LogP) is 2.86. The Morgan fingerprint density at radius 1 is 1.38 bits per heavy atom. The number of rotatable bonds is 0. The van der Waals surface area contributed by atoms with Crippen molar-refractivity contribution in [2.75, 3.05) is 0 Å². The van der Waals surface area contributed by atoms with Gasteiger partial charge in [-0.05, 0) is 39.7 Å². The summed E-state index contributed by atoms with van der Waals surface area (Å²) in [5.74, 6) is -0.911. The molecule has 112 valence electrons. The smallest absolute Gasteiger partial charge is 0.411 e. The Morgan fingerprint density at radius 2 is 2.05 bits per heavy atom. The molecule has 5 nitrogen and oxygen atoms in total. The molecular weight excluding hydrogens is 275 g/mol. The SMILES string of the molecule is CC(C)(C)OC(=O)N1C2CCC1c1c(ccnc1F)C2=O. The molecule has 1 aromatic rings. The molecule has 2 unspecified atom stereocenters. The van der Waals surface area contributed by atoms with Gasteiger partial charge >= 0.3 is 6.09 Å². The molecule has 2 bridgehead atoms. The van der Waals surface area contributed by atoms with E-state index in [1.807, 2.05) is 0 Å². The Kier molecular flexibility index (Phi) is 3.00. The van der Waals surface area contributed by atoms with E-state index in [0.717, 1.165) is 0 Å². The normalized spacial score (nSPS) is 24.0. The van der Waals surface area contributed by atoms with E-state index in [4.69, 9.17) is 4.74 Å². The van der Waals surface area contributed by atoms with Crippen LogP contribution in [-0.4, -0.2) is 33.4 Å². The number of amides is 1. The first kappa shape index (κ1) is 14.0. The van der Waals surface area contributed by atoms with Crippen LogP contribution in [-0.2, 0) is 4.74 Å². The third-order valence-corrected chi connectivity index (χ3v) is 3.83. The van der Waals surface area contributed by atoms with Crippen molar-refractivity contribution >= 4 is 11.9 Å². The topological polar surface area (TPSA) is 59.5 Å². The highest BCUT2D eigenvalue weighted by molar-refractivity contribution is 6.04. The molecule has 0 spiro atoms. The molecule has 1 aromatic heterocycles. The van der Waals surface area contributed by atoms with Crippen LogP contribution in [0.4, 0.5) is 9.18 Å². The van der Waals surface area contributed by atoms with E-state index in [0.29, 0.717) is 18.4 Å². The fraction of sp³-hybridized carbons (Fsp3) is 0.533. The average Bonchev–Trinajstić information content (AvgIpc) is 2.74. The highest BCUT2D eigenvalue weighted by atomic mass is 19.1. The van der Waals surface area contributed by atoms with Gasteiger partial charge < -0.3 is 4.74 Å². The monoisotopic (exact) mass is 292 g/mol. The largest absolute Gasteiger partial charge is 0.444 e. The van der Waals surface area contributed by atoms with Crippen molar-refractivity contribution in [2.45, 2.75) is 51.3 Å². The number of pyridine rings is 1. The second-order valence-corrected chi connectivity index (χ2v) is 6.42. The number of nitrogens with zero attached hydrogens (tertiary/aromatic N) is 2. The molecule has 0 radical (unpaired) electrons. The molecule has 2 aliphatic heterocycles. The average molecular weight is 292 g/mol. The minimum atomic E-state index is -0.681. The van der Waals surface area contributed by atoms with Gasteiger partial charge in [-0.15, -0.1) is 0 Å². The van der Waals surface area contributed by atoms with Crippen molar-refractivity contribution < 1.29 is 18.7 Å². The van der Waals surface area contributed by atoms with Crippen LogP contribution in [0.3, 0.4) is 0 Å². The van der Waals surface area contributed by atoms with Crippen molar-refractivity contribution in [3.05, 3.63) is 29.3 Å². The van der Waals surface area contributed by atoms with Crippen LogP contribution in [0.2, 0.25) is 0 Å². The van der Waals surface area contributed by atoms with E-state index in [-0.39, 0.29) is 11.3 Å². The first-order chi connectivity index (χ1) is 9.79. The number of carbonyl (C=O) groups excluding carboxylic acids is 2. The molecular formula is C15H17FN2O3. The van der Waals surface area contributed by atoms with Crippen LogP contribution in [0.5, 0.6) is 0 Å². The molecule has 3 heterocycles. The van der Waals surface area contributed by atoms with Crippen LogP contribution in [0.25, 0.3) is 0 Å². The lowest BCUT2D eigenvalue weighted by molar-refractivity contribution is 0.0123. The molecule has 0 aromatic carbocycles. The van der Waals surface area contributed by atoms with Gasteiger partial charge in [-0.1, -0.05) is 0 Å². The summed E-state index contributed by atoms with van der Waals surface area (Å²) in [6, 6.07) is 0.504. The van der Waals surface area contributed by atoms with Crippen LogP contribution in [0, 0.1) is 5.95 Å². The summed E-state index contributed by atoms with van der Waals surface area (Å²) in [6.07, 6.45) is 1.79. The number of carbonyl (C=O) groups is 2. The summed E-state index contributed by atoms with van der Waals surface area (Å²) >= 11 is 0. The summed E-state index contributed by atoms with van der Waals surface area (Å²) in [5, 5.41) is 0. The van der Waals surface area contributed by atoms with Gasteiger partial charge in [0.2, 0.25) is 5.95 Å². The number of hydrogen-bond donors (Lipinski definition) is 0. The minimum Gasteiger partial charge on any atom is -0.444 e. The minimum absolute atomic E-state index is 0.224. The summed E-state index contributed by atoms with van der Waals surface area (Å²) in [5.41, 5.74) is -0.0928. The number of fused-ring (bicyclic) bond motifs is 4. The molecule has 2 aliphatic rings. The van der Waals surface area contributed by atoms with E-state index >= 15 is 0 Å². The van der Waals surface area contributed by atoms with Crippen LogP contribution < -0.4 is 0 Å². The van der Waals surface area contributed by atoms with Crippen LogP contribution in [0.1, 0.15) is 55.6 Å². The quantitative estimate of drug-likeness (QED) is 0.690. The summed E-state index contributed by atoms with van der Waals surface area (Å²) in [7, 11) is 0. The lowest BCUT2D eigenvalue weighted by Gasteiger charge is -2.36. The lowest BCUT2D eigenvalue weighted by atomic mass is 9.94. The van der Waals surface area contributed by atoms with Gasteiger partial charge in [0, 0.05) is 17.3 Å². The maximum absolute atomic E-state index is 14.0. The first-order valence-electron chi connectivity index (χ1n) is 6.99. The molecule has 0 N–H and O–H groups in total. The summed E-state index contributed by atoms with van der Waals surface area (Å²) in [6.45, 7) is 5.28. The molecule has 1 amide bonds. The maximum Gasteiger partial charge on any atom is 0.411 e. The first-order valence-corrected chi connectivity index (χ1v) is 6.99. The van der Waals surface area contributed by atoms with E-state index in [1.165, 1.54) is 17.2 Å². The summed E-state index contributed by atoms with van der Waals surface area (Å²) in [4.78, 5) is 29.8. The molecule has 21 heavy (non-hydrogen) atoms. The number of aromatic nitrogens is 1. The lowest BCUT2D eigenvalue weighted by Crippen LogP contribution is -2.48. The number of halogens is 1. The fourth-order valence-electron chi connectivity index (χ4n) is 3.08. The van der Waals surface area contributed by atoms with Gasteiger partial charge in [0.1, 0.15) is 5.60 Å². The second-order valence-electron chi connectivity index (χ2n) is 6.42. The van der Waals surface area contributed by atoms with Crippen molar-refractivity contribution in [1.82, 2.24) is 9.88 Å². The Labute approximate surface area is 122 Å². The van der Waals surface area contributed by atoms with E-state index in [1.54, 1.807) is 20.8 Å². The highest BCUT2D eigenvalue weighted by Gasteiger charge is 2.50. The molecule has 1 saturated heterocycles. The Morgan fingerprint density at radius 3 is 2.71 bits per heavy atom. The van der Waals surface area contributed by atoms with Crippen molar-refractivity contribution in [1.29, 1.82) is 0 Å². The number of hydrogen-bond acceptors (Lipinski definition) is 4. The van der Waals surface area contributed by atoms with Gasteiger partial charge in [0.25, 0.3) is 0 Å². The van der Waals surface area contributed by atoms with E-state index in [9.17, 15) is 14.0 Å². The molecule has 2 atom stereocenters. The van der Waals surface area contributed by atoms with Crippen molar-refractivity contribution in [2.24, 2.45) is 0 Å². The molecule has 0 saturated carbocycles. The van der Waals surface area contributed by atoms with Gasteiger partial charge in [0.15, 0.2) is 5.78 Å². The van der Waals surface area contributed by atoms with Gasteiger partial charge in [-0.25, -0.2) is 9.78 Å². The Hall–Kier alpha value is -1.98. The zero-order valence-electron chi connectivity index (χ0n) is 12.2. The number of ether oxygens (including phenoxy) is 1. The zero-order valence-corrected chi connectivity index (χ0v) is 12.2. The molecule has 1 fully saturated rings. The predicted molar refractivity (Wildman–Crippen MR) is 72.4 cm³/mol. The van der Waals surface area contributed by atoms with Crippen molar-refractivity contribution in [3.8, 4) is 0 Å². The summed E-state index contributed by atoms with van der Waals surface area (Å²) < 4.78 is 19.4. The fourth-order valence-corrected chi connectivity index (χ4v) is 3.08. The van der Waals surface area contributed by atoms with Gasteiger partial charge in [-0.3, -0.25) is 9.69 Å². The highest BCUT2D eigenvalue weighted by Crippen LogP contribution is 2.44. The molecule has 3 rings (SSSR count). The Bertz CT molecular complexity index is 624. The zero-order chi connectivity index (χ0) is 15.4. The van der Waals surface area contributed by atoms with E-state index in [2.05, 4.69) is 4.98 Å². The second kappa shape index (κ2) is 4.51. The molecule has 6 heteroatoms. The van der Waals surface area contributed by atoms with Gasteiger partial charge in [-0.2, -0.15) is 4.39 Å². The number of Topliss-reactive ketones (excluding diaryl/α,β-unsaturated/α-hetero) is 1. The standard InChI is InChI=1S/C15H17FN2O3/c1-15(2,3)21-14(20)18-9-4-5-10(18)12(19)8-6-7-17-13(16)11(8)9/h6-7,9-10H,4-5H2,1-3H3. The van der Waals surface area contributed by atoms with Crippen molar-refractivity contribution in [3.63, 3.8) is 0 Å². The maximum atomic E-state index is 14.0. The third kappa shape index (κ3) is 2.18. The Balaban J connectivity index is 2.02. The number of ketones is 1. The van der Waals surface area contributed by atoms with Crippen LogP contribution >= 0.6 is 0 Å². The van der Waals surface area contributed by atoms with Gasteiger partial charge in [0.05, 0.1) is 12.1 Å². The molecule has 0 aliphatic carbocycles. The third-order valence-electron chi connectivity index (χ3n) is 3.83.